The van der Waals surface area contributed by atoms with Crippen LogP contribution in [0.15, 0.2) is 12.4 Å². The minimum Gasteiger partial charge on any atom is -0.380 e. The summed E-state index contributed by atoms with van der Waals surface area (Å²) in [5.41, 5.74) is 1.11. The van der Waals surface area contributed by atoms with E-state index in [1.54, 1.807) is 0 Å². The van der Waals surface area contributed by atoms with E-state index in [2.05, 4.69) is 31.2 Å². The Hall–Kier alpha value is -0.990. The SMILES string of the molecule is CC(C)CC[C@H](C)Nc1cnn(C)c1. The van der Waals surface area contributed by atoms with E-state index in [4.69, 9.17) is 0 Å². The lowest BCUT2D eigenvalue weighted by Crippen LogP contribution is -2.15. The molecule has 1 aromatic rings. The van der Waals surface area contributed by atoms with Crippen molar-refractivity contribution < 1.29 is 0 Å². The van der Waals surface area contributed by atoms with Gasteiger partial charge in [0.15, 0.2) is 0 Å². The zero-order valence-corrected chi connectivity index (χ0v) is 9.62. The number of aryl methyl sites for hydroxylation is 1. The predicted molar refractivity (Wildman–Crippen MR) is 60.4 cm³/mol. The lowest BCUT2D eigenvalue weighted by molar-refractivity contribution is 0.527. The molecule has 3 nitrogen and oxygen atoms in total. The maximum atomic E-state index is 4.12. The second-order valence-electron chi connectivity index (χ2n) is 4.42. The van der Waals surface area contributed by atoms with E-state index in [-0.39, 0.29) is 0 Å². The molecule has 80 valence electrons. The summed E-state index contributed by atoms with van der Waals surface area (Å²) in [6.45, 7) is 6.74. The zero-order valence-electron chi connectivity index (χ0n) is 9.62. The third kappa shape index (κ3) is 3.81. The highest BCUT2D eigenvalue weighted by Crippen LogP contribution is 2.11. The summed E-state index contributed by atoms with van der Waals surface area (Å²) in [6.07, 6.45) is 6.36. The van der Waals surface area contributed by atoms with Crippen molar-refractivity contribution in [1.82, 2.24) is 9.78 Å². The first kappa shape index (κ1) is 11.1. The van der Waals surface area contributed by atoms with Crippen LogP contribution in [0.25, 0.3) is 0 Å². The molecule has 1 N–H and O–H groups in total. The van der Waals surface area contributed by atoms with Crippen molar-refractivity contribution in [3.8, 4) is 0 Å². The van der Waals surface area contributed by atoms with Crippen LogP contribution >= 0.6 is 0 Å². The number of nitrogens with zero attached hydrogens (tertiary/aromatic N) is 2. The van der Waals surface area contributed by atoms with Crippen LogP contribution in [0.4, 0.5) is 5.69 Å². The highest BCUT2D eigenvalue weighted by Gasteiger charge is 2.04. The third-order valence-corrected chi connectivity index (χ3v) is 2.29. The second kappa shape index (κ2) is 5.03. The highest BCUT2D eigenvalue weighted by atomic mass is 15.3. The number of hydrogen-bond donors (Lipinski definition) is 1. The summed E-state index contributed by atoms with van der Waals surface area (Å²) < 4.78 is 1.82. The van der Waals surface area contributed by atoms with Crippen LogP contribution in [0, 0.1) is 5.92 Å². The summed E-state index contributed by atoms with van der Waals surface area (Å²) in [4.78, 5) is 0. The minimum absolute atomic E-state index is 0.529. The molecule has 0 aliphatic carbocycles. The van der Waals surface area contributed by atoms with E-state index >= 15 is 0 Å². The van der Waals surface area contributed by atoms with Crippen molar-refractivity contribution in [2.24, 2.45) is 13.0 Å². The van der Waals surface area contributed by atoms with Crippen LogP contribution in [-0.4, -0.2) is 15.8 Å². The lowest BCUT2D eigenvalue weighted by atomic mass is 10.0. The topological polar surface area (TPSA) is 29.9 Å². The van der Waals surface area contributed by atoms with Crippen molar-refractivity contribution in [3.05, 3.63) is 12.4 Å². The van der Waals surface area contributed by atoms with Crippen LogP contribution in [0.1, 0.15) is 33.6 Å². The Balaban J connectivity index is 2.30. The molecular formula is C11H21N3. The van der Waals surface area contributed by atoms with Gasteiger partial charge in [0.05, 0.1) is 11.9 Å². The quantitative estimate of drug-likeness (QED) is 0.782. The molecule has 0 spiro atoms. The van der Waals surface area contributed by atoms with Gasteiger partial charge in [-0.25, -0.2) is 0 Å². The second-order valence-corrected chi connectivity index (χ2v) is 4.42. The first-order chi connectivity index (χ1) is 6.58. The van der Waals surface area contributed by atoms with E-state index in [9.17, 15) is 0 Å². The molecule has 0 bridgehead atoms. The van der Waals surface area contributed by atoms with Crippen LogP contribution in [0.5, 0.6) is 0 Å². The zero-order chi connectivity index (χ0) is 10.6. The molecule has 0 aliphatic heterocycles. The molecule has 0 saturated heterocycles. The Morgan fingerprint density at radius 1 is 1.36 bits per heavy atom. The molecule has 14 heavy (non-hydrogen) atoms. The average Bonchev–Trinajstić information content (AvgIpc) is 2.48. The van der Waals surface area contributed by atoms with Crippen LogP contribution in [0.3, 0.4) is 0 Å². The molecule has 0 radical (unpaired) electrons. The molecular weight excluding hydrogens is 174 g/mol. The summed E-state index contributed by atoms with van der Waals surface area (Å²) >= 11 is 0. The normalized spacial score (nSPS) is 13.2. The fraction of sp³-hybridized carbons (Fsp3) is 0.727. The number of anilines is 1. The van der Waals surface area contributed by atoms with E-state index in [1.165, 1.54) is 12.8 Å². The number of aromatic nitrogens is 2. The molecule has 0 saturated carbocycles. The Bertz CT molecular complexity index is 265. The summed E-state index contributed by atoms with van der Waals surface area (Å²) in [6, 6.07) is 0.529. The van der Waals surface area contributed by atoms with Gasteiger partial charge in [0.1, 0.15) is 0 Å². The van der Waals surface area contributed by atoms with Gasteiger partial charge in [-0.1, -0.05) is 13.8 Å². The largest absolute Gasteiger partial charge is 0.380 e. The highest BCUT2D eigenvalue weighted by molar-refractivity contribution is 5.38. The van der Waals surface area contributed by atoms with Crippen LogP contribution in [0.2, 0.25) is 0 Å². The van der Waals surface area contributed by atoms with Gasteiger partial charge >= 0.3 is 0 Å². The summed E-state index contributed by atoms with van der Waals surface area (Å²) in [5.74, 6) is 0.785. The standard InChI is InChI=1S/C11H21N3/c1-9(2)5-6-10(3)13-11-7-12-14(4)8-11/h7-10,13H,5-6H2,1-4H3/t10-/m0/s1. The predicted octanol–water partition coefficient (Wildman–Crippen LogP) is 2.66. The van der Waals surface area contributed by atoms with Crippen molar-refractivity contribution in [3.63, 3.8) is 0 Å². The molecule has 1 heterocycles. The fourth-order valence-corrected chi connectivity index (χ4v) is 1.44. The molecule has 1 atom stereocenters. The summed E-state index contributed by atoms with van der Waals surface area (Å²) in [7, 11) is 1.93. The first-order valence-corrected chi connectivity index (χ1v) is 5.33. The van der Waals surface area contributed by atoms with E-state index in [0.717, 1.165) is 11.6 Å². The van der Waals surface area contributed by atoms with Gasteiger partial charge in [0, 0.05) is 19.3 Å². The van der Waals surface area contributed by atoms with Gasteiger partial charge in [-0.3, -0.25) is 4.68 Å². The summed E-state index contributed by atoms with van der Waals surface area (Å²) in [5, 5.41) is 7.55. The van der Waals surface area contributed by atoms with E-state index in [1.807, 2.05) is 24.1 Å². The van der Waals surface area contributed by atoms with Crippen molar-refractivity contribution in [1.29, 1.82) is 0 Å². The number of nitrogens with one attached hydrogen (secondary N) is 1. The Morgan fingerprint density at radius 2 is 2.07 bits per heavy atom. The molecule has 0 fully saturated rings. The van der Waals surface area contributed by atoms with Gasteiger partial charge in [-0.15, -0.1) is 0 Å². The molecule has 0 aliphatic rings. The van der Waals surface area contributed by atoms with Gasteiger partial charge < -0.3 is 5.32 Å². The minimum atomic E-state index is 0.529. The Morgan fingerprint density at radius 3 is 2.57 bits per heavy atom. The lowest BCUT2D eigenvalue weighted by Gasteiger charge is -2.14. The van der Waals surface area contributed by atoms with Gasteiger partial charge in [-0.2, -0.15) is 5.10 Å². The van der Waals surface area contributed by atoms with E-state index < -0.39 is 0 Å². The smallest absolute Gasteiger partial charge is 0.0728 e. The first-order valence-electron chi connectivity index (χ1n) is 5.33. The maximum absolute atomic E-state index is 4.12. The molecule has 1 rings (SSSR count). The molecule has 3 heteroatoms. The third-order valence-electron chi connectivity index (χ3n) is 2.29. The molecule has 0 aromatic carbocycles. The van der Waals surface area contributed by atoms with Crippen LogP contribution in [-0.2, 0) is 7.05 Å². The Kier molecular flexibility index (Phi) is 3.98. The Labute approximate surface area is 86.5 Å². The van der Waals surface area contributed by atoms with Gasteiger partial charge in [0.2, 0.25) is 0 Å². The van der Waals surface area contributed by atoms with E-state index in [0.29, 0.717) is 6.04 Å². The van der Waals surface area contributed by atoms with Crippen molar-refractivity contribution in [2.45, 2.75) is 39.7 Å². The van der Waals surface area contributed by atoms with Gasteiger partial charge in [0.25, 0.3) is 0 Å². The molecule has 0 amide bonds. The van der Waals surface area contributed by atoms with Crippen molar-refractivity contribution >= 4 is 5.69 Å². The van der Waals surface area contributed by atoms with Crippen LogP contribution < -0.4 is 5.32 Å². The maximum Gasteiger partial charge on any atom is 0.0728 e. The van der Waals surface area contributed by atoms with Crippen molar-refractivity contribution in [2.75, 3.05) is 5.32 Å². The monoisotopic (exact) mass is 195 g/mol. The van der Waals surface area contributed by atoms with Gasteiger partial charge in [-0.05, 0) is 25.7 Å². The average molecular weight is 195 g/mol. The fourth-order valence-electron chi connectivity index (χ4n) is 1.44. The molecule has 0 unspecified atom stereocenters. The number of rotatable bonds is 5. The number of hydrogen-bond acceptors (Lipinski definition) is 2. The molecule has 1 aromatic heterocycles.